The minimum atomic E-state index is -0.633. The van der Waals surface area contributed by atoms with Gasteiger partial charge in [0.2, 0.25) is 0 Å². The van der Waals surface area contributed by atoms with Gasteiger partial charge in [0.05, 0.1) is 16.1 Å². The second-order valence-corrected chi connectivity index (χ2v) is 4.95. The maximum absolute atomic E-state index is 13.1. The van der Waals surface area contributed by atoms with Crippen molar-refractivity contribution in [1.29, 1.82) is 0 Å². The molecule has 0 amide bonds. The second kappa shape index (κ2) is 5.76. The lowest BCUT2D eigenvalue weighted by molar-refractivity contribution is 0.583. The summed E-state index contributed by atoms with van der Waals surface area (Å²) < 4.78 is 26.2. The molecule has 0 aliphatic rings. The fourth-order valence-corrected chi connectivity index (χ4v) is 2.29. The van der Waals surface area contributed by atoms with E-state index in [4.69, 9.17) is 23.2 Å². The SMILES string of the molecule is CC(Nc1cc(F)cc(F)c1)c1cccc(Cl)c1Cl. The van der Waals surface area contributed by atoms with Crippen LogP contribution in [0.4, 0.5) is 14.5 Å². The Bertz CT molecular complexity index is 582. The molecule has 5 heteroatoms. The number of nitrogens with one attached hydrogen (secondary N) is 1. The number of anilines is 1. The molecule has 0 aliphatic heterocycles. The van der Waals surface area contributed by atoms with Crippen LogP contribution >= 0.6 is 23.2 Å². The van der Waals surface area contributed by atoms with Gasteiger partial charge in [-0.2, -0.15) is 0 Å². The predicted molar refractivity (Wildman–Crippen MR) is 74.9 cm³/mol. The van der Waals surface area contributed by atoms with E-state index in [1.165, 1.54) is 12.1 Å². The van der Waals surface area contributed by atoms with Crippen molar-refractivity contribution in [3.8, 4) is 0 Å². The first kappa shape index (κ1) is 14.1. The molecule has 1 N–H and O–H groups in total. The van der Waals surface area contributed by atoms with Crippen LogP contribution < -0.4 is 5.32 Å². The van der Waals surface area contributed by atoms with Gasteiger partial charge in [-0.3, -0.25) is 0 Å². The van der Waals surface area contributed by atoms with Crippen LogP contribution in [0.2, 0.25) is 10.0 Å². The molecule has 0 saturated carbocycles. The summed E-state index contributed by atoms with van der Waals surface area (Å²) in [5.74, 6) is -1.27. The van der Waals surface area contributed by atoms with E-state index in [0.29, 0.717) is 15.7 Å². The van der Waals surface area contributed by atoms with Crippen molar-refractivity contribution in [2.75, 3.05) is 5.32 Å². The molecule has 1 atom stereocenters. The Balaban J connectivity index is 2.25. The second-order valence-electron chi connectivity index (χ2n) is 4.17. The minimum Gasteiger partial charge on any atom is -0.378 e. The Labute approximate surface area is 120 Å². The summed E-state index contributed by atoms with van der Waals surface area (Å²) in [4.78, 5) is 0. The highest BCUT2D eigenvalue weighted by Gasteiger charge is 2.12. The number of hydrogen-bond donors (Lipinski definition) is 1. The van der Waals surface area contributed by atoms with Gasteiger partial charge in [0.15, 0.2) is 0 Å². The quantitative estimate of drug-likeness (QED) is 0.795. The Hall–Kier alpha value is -1.32. The first-order valence-corrected chi connectivity index (χ1v) is 6.39. The molecule has 2 rings (SSSR count). The van der Waals surface area contributed by atoms with E-state index in [2.05, 4.69) is 5.32 Å². The summed E-state index contributed by atoms with van der Waals surface area (Å²) in [6.45, 7) is 1.83. The lowest BCUT2D eigenvalue weighted by Gasteiger charge is -2.17. The summed E-state index contributed by atoms with van der Waals surface area (Å²) >= 11 is 12.0. The summed E-state index contributed by atoms with van der Waals surface area (Å²) in [7, 11) is 0. The van der Waals surface area contributed by atoms with E-state index in [9.17, 15) is 8.78 Å². The molecule has 0 spiro atoms. The van der Waals surface area contributed by atoms with Crippen LogP contribution in [0.25, 0.3) is 0 Å². The van der Waals surface area contributed by atoms with Gasteiger partial charge in [-0.15, -0.1) is 0 Å². The van der Waals surface area contributed by atoms with Crippen LogP contribution in [0, 0.1) is 11.6 Å². The highest BCUT2D eigenvalue weighted by molar-refractivity contribution is 6.42. The highest BCUT2D eigenvalue weighted by atomic mass is 35.5. The van der Waals surface area contributed by atoms with Crippen LogP contribution in [0.3, 0.4) is 0 Å². The van der Waals surface area contributed by atoms with Crippen molar-refractivity contribution in [1.82, 2.24) is 0 Å². The van der Waals surface area contributed by atoms with Crippen LogP contribution in [-0.2, 0) is 0 Å². The van der Waals surface area contributed by atoms with Gasteiger partial charge in [0.25, 0.3) is 0 Å². The van der Waals surface area contributed by atoms with Gasteiger partial charge in [-0.05, 0) is 30.7 Å². The normalized spacial score (nSPS) is 12.3. The monoisotopic (exact) mass is 301 g/mol. The third kappa shape index (κ3) is 3.37. The fraction of sp³-hybridized carbons (Fsp3) is 0.143. The standard InChI is InChI=1S/C14H11Cl2F2N/c1-8(12-3-2-4-13(15)14(12)16)19-11-6-9(17)5-10(18)7-11/h2-8,19H,1H3. The van der Waals surface area contributed by atoms with Gasteiger partial charge < -0.3 is 5.32 Å². The average Bonchev–Trinajstić information content (AvgIpc) is 2.31. The zero-order chi connectivity index (χ0) is 14.0. The molecule has 0 fully saturated rings. The molecule has 1 nitrogen and oxygen atoms in total. The third-order valence-corrected chi connectivity index (χ3v) is 3.53. The van der Waals surface area contributed by atoms with E-state index in [0.717, 1.165) is 11.6 Å². The van der Waals surface area contributed by atoms with Crippen molar-refractivity contribution < 1.29 is 8.78 Å². The largest absolute Gasteiger partial charge is 0.378 e. The molecule has 2 aromatic rings. The predicted octanol–water partition coefficient (Wildman–Crippen LogP) is 5.44. The first-order valence-electron chi connectivity index (χ1n) is 5.64. The molecule has 0 bridgehead atoms. The zero-order valence-corrected chi connectivity index (χ0v) is 11.6. The van der Waals surface area contributed by atoms with E-state index in [-0.39, 0.29) is 6.04 Å². The summed E-state index contributed by atoms with van der Waals surface area (Å²) in [5.41, 5.74) is 1.11. The molecule has 0 saturated heterocycles. The molecule has 1 unspecified atom stereocenters. The molecular weight excluding hydrogens is 291 g/mol. The van der Waals surface area contributed by atoms with Gasteiger partial charge in [0.1, 0.15) is 11.6 Å². The molecular formula is C14H11Cl2F2N. The van der Waals surface area contributed by atoms with Gasteiger partial charge in [-0.25, -0.2) is 8.78 Å². The van der Waals surface area contributed by atoms with E-state index in [1.807, 2.05) is 13.0 Å². The Kier molecular flexibility index (Phi) is 4.27. The van der Waals surface area contributed by atoms with E-state index >= 15 is 0 Å². The van der Waals surface area contributed by atoms with Crippen molar-refractivity contribution >= 4 is 28.9 Å². The maximum Gasteiger partial charge on any atom is 0.128 e. The summed E-state index contributed by atoms with van der Waals surface area (Å²) in [6, 6.07) is 8.29. The molecule has 2 aromatic carbocycles. The Morgan fingerprint density at radius 3 is 2.32 bits per heavy atom. The Morgan fingerprint density at radius 1 is 1.05 bits per heavy atom. The van der Waals surface area contributed by atoms with Crippen LogP contribution in [0.5, 0.6) is 0 Å². The van der Waals surface area contributed by atoms with Crippen LogP contribution in [-0.4, -0.2) is 0 Å². The number of halogens is 4. The van der Waals surface area contributed by atoms with Gasteiger partial charge in [0, 0.05) is 11.8 Å². The highest BCUT2D eigenvalue weighted by Crippen LogP contribution is 2.31. The molecule has 0 radical (unpaired) electrons. The summed E-state index contributed by atoms with van der Waals surface area (Å²) in [5, 5.41) is 3.86. The van der Waals surface area contributed by atoms with Crippen molar-refractivity contribution in [3.63, 3.8) is 0 Å². The number of hydrogen-bond acceptors (Lipinski definition) is 1. The van der Waals surface area contributed by atoms with E-state index in [1.54, 1.807) is 12.1 Å². The minimum absolute atomic E-state index is 0.229. The average molecular weight is 302 g/mol. The lowest BCUT2D eigenvalue weighted by atomic mass is 10.1. The third-order valence-electron chi connectivity index (χ3n) is 2.69. The maximum atomic E-state index is 13.1. The summed E-state index contributed by atoms with van der Waals surface area (Å²) in [6.07, 6.45) is 0. The molecule has 0 aliphatic carbocycles. The van der Waals surface area contributed by atoms with Crippen molar-refractivity contribution in [2.24, 2.45) is 0 Å². The number of rotatable bonds is 3. The molecule has 0 heterocycles. The lowest BCUT2D eigenvalue weighted by Crippen LogP contribution is -2.07. The van der Waals surface area contributed by atoms with Gasteiger partial charge >= 0.3 is 0 Å². The van der Waals surface area contributed by atoms with Gasteiger partial charge in [-0.1, -0.05) is 35.3 Å². The van der Waals surface area contributed by atoms with Crippen molar-refractivity contribution in [2.45, 2.75) is 13.0 Å². The smallest absolute Gasteiger partial charge is 0.128 e. The van der Waals surface area contributed by atoms with Crippen LogP contribution in [0.15, 0.2) is 36.4 Å². The molecule has 100 valence electrons. The number of benzene rings is 2. The molecule has 19 heavy (non-hydrogen) atoms. The van der Waals surface area contributed by atoms with E-state index < -0.39 is 11.6 Å². The van der Waals surface area contributed by atoms with Crippen molar-refractivity contribution in [3.05, 3.63) is 63.6 Å². The fourth-order valence-electron chi connectivity index (χ4n) is 1.82. The topological polar surface area (TPSA) is 12.0 Å². The molecule has 0 aromatic heterocycles. The first-order chi connectivity index (χ1) is 8.97. The zero-order valence-electron chi connectivity index (χ0n) is 10.1. The Morgan fingerprint density at radius 2 is 1.68 bits per heavy atom. The van der Waals surface area contributed by atoms with Crippen LogP contribution in [0.1, 0.15) is 18.5 Å².